The summed E-state index contributed by atoms with van der Waals surface area (Å²) in [5.74, 6) is -0.595. The molecule has 2 aliphatic rings. The number of carbonyl (C=O) groups excluding carboxylic acids is 1. The number of nitrogens with one attached hydrogen (secondary N) is 1. The molecule has 2 rings (SSSR count). The molecular formula is C9H16N2O4S. The Bertz CT molecular complexity index is 382. The summed E-state index contributed by atoms with van der Waals surface area (Å²) in [5, 5.41) is -0.403. The van der Waals surface area contributed by atoms with Gasteiger partial charge in [0.2, 0.25) is 10.0 Å². The Morgan fingerprint density at radius 3 is 2.38 bits per heavy atom. The number of ether oxygens (including phenoxy) is 1. The van der Waals surface area contributed by atoms with Gasteiger partial charge in [0.1, 0.15) is 5.54 Å². The van der Waals surface area contributed by atoms with E-state index in [4.69, 9.17) is 10.5 Å². The van der Waals surface area contributed by atoms with Crippen LogP contribution in [0.2, 0.25) is 0 Å². The maximum absolute atomic E-state index is 11.8. The van der Waals surface area contributed by atoms with Crippen LogP contribution in [0.4, 0.5) is 0 Å². The number of nitrogens with two attached hydrogens (primary N) is 1. The Labute approximate surface area is 94.6 Å². The van der Waals surface area contributed by atoms with Gasteiger partial charge in [-0.05, 0) is 25.7 Å². The normalized spacial score (nSPS) is 25.1. The molecule has 1 saturated heterocycles. The summed E-state index contributed by atoms with van der Waals surface area (Å²) in [7, 11) is -3.49. The van der Waals surface area contributed by atoms with Crippen molar-refractivity contribution in [1.82, 2.24) is 4.72 Å². The Balaban J connectivity index is 2.01. The van der Waals surface area contributed by atoms with Crippen molar-refractivity contribution in [2.75, 3.05) is 13.2 Å². The largest absolute Gasteiger partial charge is 0.381 e. The van der Waals surface area contributed by atoms with Crippen LogP contribution in [-0.4, -0.2) is 38.3 Å². The van der Waals surface area contributed by atoms with Gasteiger partial charge in [-0.3, -0.25) is 9.52 Å². The van der Waals surface area contributed by atoms with Crippen LogP contribution in [-0.2, 0) is 19.6 Å². The molecule has 7 heteroatoms. The minimum atomic E-state index is -3.49. The van der Waals surface area contributed by atoms with Gasteiger partial charge in [0.05, 0.1) is 5.25 Å². The van der Waals surface area contributed by atoms with Crippen LogP contribution in [0.15, 0.2) is 0 Å². The SMILES string of the molecule is NC1(C(=O)NS(=O)(=O)C2CC2)CCOCC1. The zero-order valence-corrected chi connectivity index (χ0v) is 9.76. The fraction of sp³-hybridized carbons (Fsp3) is 0.889. The van der Waals surface area contributed by atoms with E-state index in [1.807, 2.05) is 0 Å². The van der Waals surface area contributed by atoms with Gasteiger partial charge in [-0.25, -0.2) is 8.42 Å². The topological polar surface area (TPSA) is 98.5 Å². The molecule has 0 bridgehead atoms. The van der Waals surface area contributed by atoms with Crippen molar-refractivity contribution in [1.29, 1.82) is 0 Å². The quantitative estimate of drug-likeness (QED) is 0.674. The van der Waals surface area contributed by atoms with Crippen LogP contribution in [0.3, 0.4) is 0 Å². The summed E-state index contributed by atoms with van der Waals surface area (Å²) < 4.78 is 30.3. The molecule has 1 amide bonds. The van der Waals surface area contributed by atoms with E-state index in [1.54, 1.807) is 0 Å². The average molecular weight is 248 g/mol. The van der Waals surface area contributed by atoms with Crippen LogP contribution in [0.1, 0.15) is 25.7 Å². The summed E-state index contributed by atoms with van der Waals surface area (Å²) in [5.41, 5.74) is 4.78. The highest BCUT2D eigenvalue weighted by molar-refractivity contribution is 7.90. The molecule has 0 atom stereocenters. The van der Waals surface area contributed by atoms with Gasteiger partial charge < -0.3 is 10.5 Å². The molecule has 0 aromatic heterocycles. The molecular weight excluding hydrogens is 232 g/mol. The number of amides is 1. The second kappa shape index (κ2) is 3.97. The predicted octanol–water partition coefficient (Wildman–Crippen LogP) is -0.897. The molecule has 0 spiro atoms. The van der Waals surface area contributed by atoms with Crippen LogP contribution >= 0.6 is 0 Å². The highest BCUT2D eigenvalue weighted by Gasteiger charge is 2.42. The van der Waals surface area contributed by atoms with Gasteiger partial charge >= 0.3 is 0 Å². The van der Waals surface area contributed by atoms with E-state index in [-0.39, 0.29) is 0 Å². The first-order valence-electron chi connectivity index (χ1n) is 5.37. The molecule has 16 heavy (non-hydrogen) atoms. The summed E-state index contributed by atoms with van der Waals surface area (Å²) >= 11 is 0. The van der Waals surface area contributed by atoms with Gasteiger partial charge in [0.25, 0.3) is 5.91 Å². The van der Waals surface area contributed by atoms with E-state index in [0.717, 1.165) is 0 Å². The fourth-order valence-corrected chi connectivity index (χ4v) is 3.04. The highest BCUT2D eigenvalue weighted by atomic mass is 32.2. The van der Waals surface area contributed by atoms with E-state index in [2.05, 4.69) is 4.72 Å². The van der Waals surface area contributed by atoms with E-state index >= 15 is 0 Å². The molecule has 1 aliphatic heterocycles. The molecule has 6 nitrogen and oxygen atoms in total. The molecule has 0 aromatic carbocycles. The summed E-state index contributed by atoms with van der Waals surface area (Å²) in [6.45, 7) is 0.792. The lowest BCUT2D eigenvalue weighted by molar-refractivity contribution is -0.127. The van der Waals surface area contributed by atoms with Crippen LogP contribution < -0.4 is 10.5 Å². The Morgan fingerprint density at radius 2 is 1.88 bits per heavy atom. The second-order valence-corrected chi connectivity index (χ2v) is 6.40. The molecule has 0 unspecified atom stereocenters. The lowest BCUT2D eigenvalue weighted by Gasteiger charge is -2.31. The molecule has 92 valence electrons. The van der Waals surface area contributed by atoms with Crippen molar-refractivity contribution in [2.45, 2.75) is 36.5 Å². The summed E-state index contributed by atoms with van der Waals surface area (Å²) in [4.78, 5) is 11.8. The smallest absolute Gasteiger partial charge is 0.253 e. The van der Waals surface area contributed by atoms with E-state index in [9.17, 15) is 13.2 Å². The number of sulfonamides is 1. The molecule has 0 radical (unpaired) electrons. The number of hydrogen-bond donors (Lipinski definition) is 2. The minimum Gasteiger partial charge on any atom is -0.381 e. The van der Waals surface area contributed by atoms with Gasteiger partial charge in [-0.15, -0.1) is 0 Å². The lowest BCUT2D eigenvalue weighted by atomic mass is 9.91. The third-order valence-corrected chi connectivity index (χ3v) is 4.85. The van der Waals surface area contributed by atoms with Crippen molar-refractivity contribution in [3.05, 3.63) is 0 Å². The third-order valence-electron chi connectivity index (χ3n) is 3.04. The first-order valence-corrected chi connectivity index (χ1v) is 6.91. The zero-order valence-electron chi connectivity index (χ0n) is 8.94. The standard InChI is InChI=1S/C9H16N2O4S/c10-9(3-5-15-6-4-9)8(12)11-16(13,14)7-1-2-7/h7H,1-6,10H2,(H,11,12). The molecule has 1 heterocycles. The van der Waals surface area contributed by atoms with Crippen LogP contribution in [0, 0.1) is 0 Å². The number of hydrogen-bond acceptors (Lipinski definition) is 5. The van der Waals surface area contributed by atoms with Gasteiger partial charge in [0, 0.05) is 13.2 Å². The monoisotopic (exact) mass is 248 g/mol. The summed E-state index contributed by atoms with van der Waals surface area (Å²) in [6, 6.07) is 0. The summed E-state index contributed by atoms with van der Waals surface area (Å²) in [6.07, 6.45) is 1.98. The van der Waals surface area contributed by atoms with Crippen molar-refractivity contribution in [3.8, 4) is 0 Å². The Kier molecular flexibility index (Phi) is 2.93. The van der Waals surface area contributed by atoms with Crippen LogP contribution in [0.25, 0.3) is 0 Å². The van der Waals surface area contributed by atoms with Gasteiger partial charge in [-0.2, -0.15) is 0 Å². The first-order chi connectivity index (χ1) is 7.44. The van der Waals surface area contributed by atoms with Crippen molar-refractivity contribution < 1.29 is 17.9 Å². The second-order valence-electron chi connectivity index (χ2n) is 4.44. The molecule has 3 N–H and O–H groups in total. The minimum absolute atomic E-state index is 0.360. The maximum Gasteiger partial charge on any atom is 0.253 e. The molecule has 1 saturated carbocycles. The average Bonchev–Trinajstić information content (AvgIpc) is 3.01. The fourth-order valence-electron chi connectivity index (χ4n) is 1.66. The lowest BCUT2D eigenvalue weighted by Crippen LogP contribution is -2.58. The van der Waals surface area contributed by atoms with E-state index in [0.29, 0.717) is 38.9 Å². The molecule has 1 aliphatic carbocycles. The predicted molar refractivity (Wildman–Crippen MR) is 57.1 cm³/mol. The van der Waals surface area contributed by atoms with Crippen molar-refractivity contribution >= 4 is 15.9 Å². The Hall–Kier alpha value is -0.660. The first kappa shape index (κ1) is 11.8. The maximum atomic E-state index is 11.8. The molecule has 0 aromatic rings. The third kappa shape index (κ3) is 2.36. The highest BCUT2D eigenvalue weighted by Crippen LogP contribution is 2.28. The van der Waals surface area contributed by atoms with E-state index < -0.39 is 26.7 Å². The van der Waals surface area contributed by atoms with E-state index in [1.165, 1.54) is 0 Å². The van der Waals surface area contributed by atoms with Gasteiger partial charge in [0.15, 0.2) is 0 Å². The molecule has 2 fully saturated rings. The van der Waals surface area contributed by atoms with Gasteiger partial charge in [-0.1, -0.05) is 0 Å². The zero-order chi connectivity index (χ0) is 11.8. The number of carbonyl (C=O) groups is 1. The Morgan fingerprint density at radius 1 is 1.31 bits per heavy atom. The van der Waals surface area contributed by atoms with Crippen molar-refractivity contribution in [2.24, 2.45) is 5.73 Å². The van der Waals surface area contributed by atoms with Crippen LogP contribution in [0.5, 0.6) is 0 Å². The van der Waals surface area contributed by atoms with Crippen molar-refractivity contribution in [3.63, 3.8) is 0 Å². The number of rotatable bonds is 3.